The molecule has 0 aromatic heterocycles. The Bertz CT molecular complexity index is 1010. The molecule has 0 aliphatic carbocycles. The summed E-state index contributed by atoms with van der Waals surface area (Å²) in [4.78, 5) is 31.3. The van der Waals surface area contributed by atoms with E-state index in [9.17, 15) is 9.59 Å². The maximum absolute atomic E-state index is 12.3. The summed E-state index contributed by atoms with van der Waals surface area (Å²) in [6.07, 6.45) is 2.78. The van der Waals surface area contributed by atoms with E-state index in [0.29, 0.717) is 30.2 Å². The highest BCUT2D eigenvalue weighted by Crippen LogP contribution is 2.22. The van der Waals surface area contributed by atoms with Crippen LogP contribution in [-0.4, -0.2) is 86.0 Å². The molecule has 36 heavy (non-hydrogen) atoms. The molecule has 1 amide bonds. The lowest BCUT2D eigenvalue weighted by molar-refractivity contribution is -0.143. The normalized spacial score (nSPS) is 17.5. The summed E-state index contributed by atoms with van der Waals surface area (Å²) in [7, 11) is 0. The van der Waals surface area contributed by atoms with Crippen LogP contribution in [-0.2, 0) is 9.53 Å². The summed E-state index contributed by atoms with van der Waals surface area (Å²) in [5, 5.41) is 10.9. The largest absolute Gasteiger partial charge is 0.466 e. The second kappa shape index (κ2) is 12.6. The van der Waals surface area contributed by atoms with Gasteiger partial charge in [0.25, 0.3) is 5.91 Å². The molecule has 0 spiro atoms. The first-order valence-electron chi connectivity index (χ1n) is 13.0. The fraction of sp³-hybridized carbons (Fsp3) is 0.464. The van der Waals surface area contributed by atoms with E-state index in [1.165, 1.54) is 0 Å². The van der Waals surface area contributed by atoms with Crippen molar-refractivity contribution in [3.8, 4) is 0 Å². The fourth-order valence-corrected chi connectivity index (χ4v) is 5.02. The number of carbonyl (C=O) groups excluding carboxylic acids is 2. The first kappa shape index (κ1) is 25.9. The van der Waals surface area contributed by atoms with E-state index in [1.807, 2.05) is 49.4 Å². The number of amides is 1. The Hall–Kier alpha value is -3.23. The van der Waals surface area contributed by atoms with Crippen molar-refractivity contribution >= 4 is 23.4 Å². The van der Waals surface area contributed by atoms with Crippen molar-refractivity contribution in [2.24, 2.45) is 0 Å². The zero-order chi connectivity index (χ0) is 25.3. The van der Waals surface area contributed by atoms with Crippen molar-refractivity contribution in [3.63, 3.8) is 0 Å². The number of ether oxygens (including phenoxy) is 1. The lowest BCUT2D eigenvalue weighted by Gasteiger charge is -2.43. The highest BCUT2D eigenvalue weighted by Gasteiger charge is 2.27. The Morgan fingerprint density at radius 1 is 0.917 bits per heavy atom. The standard InChI is InChI=1S/C28H37N5O3/c1-2-36-26(34)14-17-31-15-12-25(13-16-31)33-20-18-32(19-21-33)24-10-8-22(9-11-24)27(29)30-28(35)23-6-4-3-5-7-23/h3-11,25H,2,12-21H2,1H3,(H2,29,30,35). The van der Waals surface area contributed by atoms with E-state index in [1.54, 1.807) is 12.1 Å². The van der Waals surface area contributed by atoms with E-state index in [4.69, 9.17) is 10.1 Å². The lowest BCUT2D eigenvalue weighted by atomic mass is 10.0. The summed E-state index contributed by atoms with van der Waals surface area (Å²) in [6, 6.07) is 17.5. The first-order chi connectivity index (χ1) is 17.5. The van der Waals surface area contributed by atoms with Gasteiger partial charge in [0.15, 0.2) is 0 Å². The summed E-state index contributed by atoms with van der Waals surface area (Å²) in [6.45, 7) is 9.21. The molecule has 2 aromatic carbocycles. The number of anilines is 1. The molecule has 192 valence electrons. The molecule has 0 bridgehead atoms. The van der Waals surface area contributed by atoms with Gasteiger partial charge in [-0.15, -0.1) is 0 Å². The van der Waals surface area contributed by atoms with Gasteiger partial charge in [0.2, 0.25) is 0 Å². The first-order valence-corrected chi connectivity index (χ1v) is 13.0. The number of amidine groups is 1. The van der Waals surface area contributed by atoms with Crippen LogP contribution in [0.1, 0.15) is 42.1 Å². The zero-order valence-corrected chi connectivity index (χ0v) is 21.1. The smallest absolute Gasteiger partial charge is 0.307 e. The second-order valence-electron chi connectivity index (χ2n) is 9.39. The van der Waals surface area contributed by atoms with Crippen LogP contribution in [0, 0.1) is 5.41 Å². The lowest BCUT2D eigenvalue weighted by Crippen LogP contribution is -2.53. The zero-order valence-electron chi connectivity index (χ0n) is 21.1. The maximum atomic E-state index is 12.3. The molecule has 2 N–H and O–H groups in total. The molecule has 2 aromatic rings. The molecule has 0 saturated carbocycles. The number of piperidine rings is 1. The molecule has 0 atom stereocenters. The van der Waals surface area contributed by atoms with Gasteiger partial charge < -0.3 is 19.9 Å². The molecule has 0 radical (unpaired) electrons. The Morgan fingerprint density at radius 3 is 2.22 bits per heavy atom. The van der Waals surface area contributed by atoms with Gasteiger partial charge in [-0.25, -0.2) is 0 Å². The van der Waals surface area contributed by atoms with Gasteiger partial charge >= 0.3 is 5.97 Å². The van der Waals surface area contributed by atoms with Crippen molar-refractivity contribution in [2.75, 3.05) is 57.3 Å². The summed E-state index contributed by atoms with van der Waals surface area (Å²) in [5.74, 6) is -0.267. The Kier molecular flexibility index (Phi) is 9.08. The van der Waals surface area contributed by atoms with Gasteiger partial charge in [-0.1, -0.05) is 18.2 Å². The quantitative estimate of drug-likeness (QED) is 0.335. The SMILES string of the molecule is CCOC(=O)CCN1CCC(N2CCN(c3ccc(C(=N)NC(=O)c4ccccc4)cc3)CC2)CC1. The predicted octanol–water partition coefficient (Wildman–Crippen LogP) is 2.98. The Balaban J connectivity index is 1.20. The van der Waals surface area contributed by atoms with Gasteiger partial charge in [0.05, 0.1) is 13.0 Å². The van der Waals surface area contributed by atoms with Gasteiger partial charge in [0, 0.05) is 55.6 Å². The van der Waals surface area contributed by atoms with Gasteiger partial charge in [-0.3, -0.25) is 19.9 Å². The number of rotatable bonds is 8. The van der Waals surface area contributed by atoms with Crippen molar-refractivity contribution in [3.05, 3.63) is 65.7 Å². The van der Waals surface area contributed by atoms with E-state index in [0.717, 1.165) is 64.3 Å². The molecule has 2 aliphatic heterocycles. The molecule has 2 saturated heterocycles. The third-order valence-corrected chi connectivity index (χ3v) is 7.12. The molecular weight excluding hydrogens is 454 g/mol. The summed E-state index contributed by atoms with van der Waals surface area (Å²) >= 11 is 0. The Labute approximate surface area is 213 Å². The van der Waals surface area contributed by atoms with Crippen molar-refractivity contribution in [2.45, 2.75) is 32.2 Å². The number of nitrogens with zero attached hydrogens (tertiary/aromatic N) is 3. The van der Waals surface area contributed by atoms with Crippen molar-refractivity contribution in [1.29, 1.82) is 5.41 Å². The number of likely N-dealkylation sites (tertiary alicyclic amines) is 1. The van der Waals surface area contributed by atoms with E-state index in [2.05, 4.69) is 20.0 Å². The molecule has 8 nitrogen and oxygen atoms in total. The molecule has 2 aliphatic rings. The van der Waals surface area contributed by atoms with Crippen LogP contribution in [0.4, 0.5) is 5.69 Å². The van der Waals surface area contributed by atoms with Crippen molar-refractivity contribution in [1.82, 2.24) is 15.1 Å². The summed E-state index contributed by atoms with van der Waals surface area (Å²) in [5.41, 5.74) is 2.38. The number of benzene rings is 2. The highest BCUT2D eigenvalue weighted by molar-refractivity contribution is 6.11. The minimum Gasteiger partial charge on any atom is -0.466 e. The Morgan fingerprint density at radius 2 is 1.58 bits per heavy atom. The van der Waals surface area contributed by atoms with E-state index >= 15 is 0 Å². The van der Waals surface area contributed by atoms with Crippen molar-refractivity contribution < 1.29 is 14.3 Å². The monoisotopic (exact) mass is 491 g/mol. The van der Waals surface area contributed by atoms with E-state index in [-0.39, 0.29) is 17.7 Å². The number of esters is 1. The van der Waals surface area contributed by atoms with Gasteiger partial charge in [-0.2, -0.15) is 0 Å². The molecular formula is C28H37N5O3. The van der Waals surface area contributed by atoms with Crippen LogP contribution in [0.3, 0.4) is 0 Å². The predicted molar refractivity (Wildman–Crippen MR) is 142 cm³/mol. The number of piperazine rings is 1. The van der Waals surface area contributed by atoms with Gasteiger partial charge in [-0.05, 0) is 69.3 Å². The molecule has 2 heterocycles. The topological polar surface area (TPSA) is 89.0 Å². The summed E-state index contributed by atoms with van der Waals surface area (Å²) < 4.78 is 5.04. The van der Waals surface area contributed by atoms with E-state index < -0.39 is 0 Å². The second-order valence-corrected chi connectivity index (χ2v) is 9.39. The molecule has 2 fully saturated rings. The third-order valence-electron chi connectivity index (χ3n) is 7.12. The minimum absolute atomic E-state index is 0.0995. The number of hydrogen-bond acceptors (Lipinski definition) is 7. The molecule has 4 rings (SSSR count). The van der Waals surface area contributed by atoms with Gasteiger partial charge in [0.1, 0.15) is 5.84 Å². The number of carbonyl (C=O) groups is 2. The number of hydrogen-bond donors (Lipinski definition) is 2. The van der Waals surface area contributed by atoms with Crippen LogP contribution < -0.4 is 10.2 Å². The number of nitrogens with one attached hydrogen (secondary N) is 2. The minimum atomic E-state index is -0.273. The van der Waals surface area contributed by atoms with Crippen LogP contribution in [0.25, 0.3) is 0 Å². The van der Waals surface area contributed by atoms with Crippen LogP contribution in [0.15, 0.2) is 54.6 Å². The highest BCUT2D eigenvalue weighted by atomic mass is 16.5. The fourth-order valence-electron chi connectivity index (χ4n) is 5.02. The maximum Gasteiger partial charge on any atom is 0.307 e. The third kappa shape index (κ3) is 6.92. The van der Waals surface area contributed by atoms with Crippen LogP contribution in [0.5, 0.6) is 0 Å². The van der Waals surface area contributed by atoms with Crippen LogP contribution >= 0.6 is 0 Å². The molecule has 0 unspecified atom stereocenters. The average Bonchev–Trinajstić information content (AvgIpc) is 2.93. The van der Waals surface area contributed by atoms with Crippen LogP contribution in [0.2, 0.25) is 0 Å². The average molecular weight is 492 g/mol. The molecule has 8 heteroatoms.